The van der Waals surface area contributed by atoms with Gasteiger partial charge in [0, 0.05) is 36.5 Å². The number of amides is 2. The fraction of sp³-hybridized carbons (Fsp3) is 0.200. The van der Waals surface area contributed by atoms with Crippen LogP contribution in [0.5, 0.6) is 5.75 Å². The third-order valence-corrected chi connectivity index (χ3v) is 6.52. The zero-order valence-electron chi connectivity index (χ0n) is 18.4. The first kappa shape index (κ1) is 22.5. The van der Waals surface area contributed by atoms with Crippen molar-refractivity contribution in [3.63, 3.8) is 0 Å². The van der Waals surface area contributed by atoms with Gasteiger partial charge in [-0.25, -0.2) is 8.42 Å². The number of ether oxygens (including phenoxy) is 1. The number of hydrogen-bond donors (Lipinski definition) is 1. The second-order valence-corrected chi connectivity index (χ2v) is 9.97. The van der Waals surface area contributed by atoms with Gasteiger partial charge in [-0.3, -0.25) is 9.59 Å². The van der Waals surface area contributed by atoms with Crippen LogP contribution in [0.1, 0.15) is 22.8 Å². The van der Waals surface area contributed by atoms with E-state index in [2.05, 4.69) is 5.32 Å². The highest BCUT2D eigenvalue weighted by Crippen LogP contribution is 2.30. The fourth-order valence-corrected chi connectivity index (χ4v) is 4.35. The molecular formula is C25H24N2O5S. The molecule has 0 aromatic heterocycles. The van der Waals surface area contributed by atoms with Gasteiger partial charge in [0.2, 0.25) is 5.91 Å². The molecule has 1 aliphatic heterocycles. The van der Waals surface area contributed by atoms with Crippen molar-refractivity contribution in [1.82, 2.24) is 4.90 Å². The van der Waals surface area contributed by atoms with E-state index in [0.29, 0.717) is 25.3 Å². The largest absolute Gasteiger partial charge is 0.491 e. The molecule has 3 aromatic rings. The molecule has 0 radical (unpaired) electrons. The van der Waals surface area contributed by atoms with Gasteiger partial charge in [-0.15, -0.1) is 0 Å². The molecule has 1 heterocycles. The maximum Gasteiger partial charge on any atom is 0.254 e. The van der Waals surface area contributed by atoms with Crippen LogP contribution in [0.4, 0.5) is 5.69 Å². The molecule has 0 spiro atoms. The second-order valence-electron chi connectivity index (χ2n) is 7.95. The summed E-state index contributed by atoms with van der Waals surface area (Å²) in [6.07, 6.45) is 1.14. The van der Waals surface area contributed by atoms with Crippen LogP contribution in [0.15, 0.2) is 71.6 Å². The zero-order chi connectivity index (χ0) is 23.6. The Balaban J connectivity index is 1.56. The fourth-order valence-electron chi connectivity index (χ4n) is 3.72. The predicted octanol–water partition coefficient (Wildman–Crippen LogP) is 3.75. The molecule has 8 heteroatoms. The van der Waals surface area contributed by atoms with E-state index in [4.69, 9.17) is 4.74 Å². The number of carbonyl (C=O) groups excluding carboxylic acids is 2. The maximum atomic E-state index is 13.1. The van der Waals surface area contributed by atoms with E-state index in [0.717, 1.165) is 34.4 Å². The number of anilines is 1. The van der Waals surface area contributed by atoms with E-state index in [1.165, 1.54) is 19.1 Å². The lowest BCUT2D eigenvalue weighted by atomic mass is 10.0. The van der Waals surface area contributed by atoms with Crippen molar-refractivity contribution in [3.8, 4) is 16.9 Å². The van der Waals surface area contributed by atoms with Gasteiger partial charge in [0.1, 0.15) is 12.4 Å². The van der Waals surface area contributed by atoms with Crippen molar-refractivity contribution in [2.45, 2.75) is 18.4 Å². The predicted molar refractivity (Wildman–Crippen MR) is 126 cm³/mol. The molecule has 0 bridgehead atoms. The zero-order valence-corrected chi connectivity index (χ0v) is 19.2. The SMILES string of the molecule is CC(=O)Nc1ccc(-c2ccc3c(c2)CN(C(=O)c2ccc(S(C)(=O)=O)cc2)CCO3)cc1. The van der Waals surface area contributed by atoms with Crippen LogP contribution in [0.3, 0.4) is 0 Å². The molecule has 0 atom stereocenters. The molecule has 1 aliphatic rings. The van der Waals surface area contributed by atoms with E-state index in [-0.39, 0.29) is 16.7 Å². The van der Waals surface area contributed by atoms with Gasteiger partial charge in [0.25, 0.3) is 5.91 Å². The van der Waals surface area contributed by atoms with Gasteiger partial charge in [-0.1, -0.05) is 18.2 Å². The molecule has 0 saturated carbocycles. The summed E-state index contributed by atoms with van der Waals surface area (Å²) in [6.45, 7) is 2.63. The van der Waals surface area contributed by atoms with Gasteiger partial charge in [-0.2, -0.15) is 0 Å². The van der Waals surface area contributed by atoms with Gasteiger partial charge >= 0.3 is 0 Å². The summed E-state index contributed by atoms with van der Waals surface area (Å²) in [5, 5.41) is 2.75. The number of fused-ring (bicyclic) bond motifs is 1. The highest BCUT2D eigenvalue weighted by Gasteiger charge is 2.22. The summed E-state index contributed by atoms with van der Waals surface area (Å²) in [5.74, 6) is 0.425. The molecular weight excluding hydrogens is 440 g/mol. The summed E-state index contributed by atoms with van der Waals surface area (Å²) in [5.41, 5.74) is 3.99. The Morgan fingerprint density at radius 1 is 0.939 bits per heavy atom. The number of hydrogen-bond acceptors (Lipinski definition) is 5. The van der Waals surface area contributed by atoms with Crippen molar-refractivity contribution >= 4 is 27.3 Å². The number of rotatable bonds is 4. The molecule has 4 rings (SSSR count). The van der Waals surface area contributed by atoms with E-state index < -0.39 is 9.84 Å². The third kappa shape index (κ3) is 5.23. The van der Waals surface area contributed by atoms with E-state index in [1.54, 1.807) is 17.0 Å². The summed E-state index contributed by atoms with van der Waals surface area (Å²) in [4.78, 5) is 26.2. The quantitative estimate of drug-likeness (QED) is 0.635. The minimum atomic E-state index is -3.32. The molecule has 0 unspecified atom stereocenters. The molecule has 170 valence electrons. The Morgan fingerprint density at radius 2 is 1.61 bits per heavy atom. The summed E-state index contributed by atoms with van der Waals surface area (Å²) < 4.78 is 29.2. The standard InChI is InChI=1S/C25H24N2O5S/c1-17(28)26-22-8-3-18(4-9-22)20-7-12-24-21(15-20)16-27(13-14-32-24)25(29)19-5-10-23(11-6-19)33(2,30)31/h3-12,15H,13-14,16H2,1-2H3,(H,26,28). The van der Waals surface area contributed by atoms with Crippen molar-refractivity contribution in [2.24, 2.45) is 0 Å². The van der Waals surface area contributed by atoms with Gasteiger partial charge in [-0.05, 0) is 59.7 Å². The molecule has 0 aliphatic carbocycles. The monoisotopic (exact) mass is 464 g/mol. The smallest absolute Gasteiger partial charge is 0.254 e. The molecule has 33 heavy (non-hydrogen) atoms. The minimum absolute atomic E-state index is 0.124. The topological polar surface area (TPSA) is 92.8 Å². The molecule has 3 aromatic carbocycles. The lowest BCUT2D eigenvalue weighted by Crippen LogP contribution is -2.32. The van der Waals surface area contributed by atoms with Crippen LogP contribution in [0, 0.1) is 0 Å². The van der Waals surface area contributed by atoms with Gasteiger partial charge < -0.3 is 15.0 Å². The first-order valence-electron chi connectivity index (χ1n) is 10.4. The Kier molecular flexibility index (Phi) is 6.20. The Morgan fingerprint density at radius 3 is 2.24 bits per heavy atom. The second kappa shape index (κ2) is 9.07. The number of benzene rings is 3. The summed E-state index contributed by atoms with van der Waals surface area (Å²) >= 11 is 0. The average molecular weight is 465 g/mol. The van der Waals surface area contributed by atoms with Crippen LogP contribution < -0.4 is 10.1 Å². The molecule has 0 saturated heterocycles. The molecule has 7 nitrogen and oxygen atoms in total. The first-order valence-corrected chi connectivity index (χ1v) is 12.3. The summed E-state index contributed by atoms with van der Waals surface area (Å²) in [6, 6.07) is 19.4. The molecule has 0 fully saturated rings. The highest BCUT2D eigenvalue weighted by molar-refractivity contribution is 7.90. The van der Waals surface area contributed by atoms with E-state index in [1.807, 2.05) is 42.5 Å². The minimum Gasteiger partial charge on any atom is -0.491 e. The maximum absolute atomic E-state index is 13.1. The summed E-state index contributed by atoms with van der Waals surface area (Å²) in [7, 11) is -3.32. The van der Waals surface area contributed by atoms with E-state index in [9.17, 15) is 18.0 Å². The molecule has 2 amide bonds. The Hall–Kier alpha value is -3.65. The van der Waals surface area contributed by atoms with Gasteiger partial charge in [0.15, 0.2) is 9.84 Å². The van der Waals surface area contributed by atoms with Crippen LogP contribution in [0.2, 0.25) is 0 Å². The van der Waals surface area contributed by atoms with Crippen LogP contribution in [-0.4, -0.2) is 44.5 Å². The average Bonchev–Trinajstić information content (AvgIpc) is 3.00. The number of carbonyl (C=O) groups is 2. The number of nitrogens with zero attached hydrogens (tertiary/aromatic N) is 1. The third-order valence-electron chi connectivity index (χ3n) is 5.40. The first-order chi connectivity index (χ1) is 15.7. The number of sulfone groups is 1. The lowest BCUT2D eigenvalue weighted by molar-refractivity contribution is -0.114. The normalized spacial score (nSPS) is 13.5. The van der Waals surface area contributed by atoms with Gasteiger partial charge in [0.05, 0.1) is 11.4 Å². The van der Waals surface area contributed by atoms with Crippen LogP contribution in [0.25, 0.3) is 11.1 Å². The van der Waals surface area contributed by atoms with Crippen LogP contribution in [-0.2, 0) is 21.2 Å². The van der Waals surface area contributed by atoms with Crippen molar-refractivity contribution in [1.29, 1.82) is 0 Å². The Bertz CT molecular complexity index is 1300. The van der Waals surface area contributed by atoms with E-state index >= 15 is 0 Å². The lowest BCUT2D eigenvalue weighted by Gasteiger charge is -2.20. The van der Waals surface area contributed by atoms with Crippen molar-refractivity contribution in [2.75, 3.05) is 24.7 Å². The van der Waals surface area contributed by atoms with Crippen molar-refractivity contribution < 1.29 is 22.7 Å². The van der Waals surface area contributed by atoms with Crippen LogP contribution >= 0.6 is 0 Å². The van der Waals surface area contributed by atoms with Crippen molar-refractivity contribution in [3.05, 3.63) is 77.9 Å². The Labute approximate surface area is 192 Å². The molecule has 1 N–H and O–H groups in total. The number of nitrogens with one attached hydrogen (secondary N) is 1. The highest BCUT2D eigenvalue weighted by atomic mass is 32.2.